The molecule has 0 spiro atoms. The van der Waals surface area contributed by atoms with Crippen LogP contribution in [0.5, 0.6) is 11.5 Å². The number of benzene rings is 1. The first-order valence-corrected chi connectivity index (χ1v) is 9.46. The van der Waals surface area contributed by atoms with E-state index in [1.165, 1.54) is 32.1 Å². The molecule has 138 valence electrons. The van der Waals surface area contributed by atoms with Crippen LogP contribution in [0.15, 0.2) is 41.0 Å². The predicted molar refractivity (Wildman–Crippen MR) is 97.0 cm³/mol. The van der Waals surface area contributed by atoms with Crippen LogP contribution in [0.25, 0.3) is 0 Å². The number of amides is 1. The predicted octanol–water partition coefficient (Wildman–Crippen LogP) is 4.16. The maximum absolute atomic E-state index is 13.0. The second-order valence-corrected chi connectivity index (χ2v) is 7.22. The highest BCUT2D eigenvalue weighted by atomic mass is 16.7. The van der Waals surface area contributed by atoms with Gasteiger partial charge in [0.1, 0.15) is 5.76 Å². The van der Waals surface area contributed by atoms with Crippen LogP contribution in [0.3, 0.4) is 0 Å². The second kappa shape index (κ2) is 7.85. The molecule has 5 nitrogen and oxygen atoms in total. The molecule has 1 aromatic heterocycles. The van der Waals surface area contributed by atoms with Crippen LogP contribution in [0.2, 0.25) is 0 Å². The van der Waals surface area contributed by atoms with Crippen LogP contribution >= 0.6 is 0 Å². The monoisotopic (exact) mass is 355 g/mol. The third-order valence-corrected chi connectivity index (χ3v) is 5.28. The summed E-state index contributed by atoms with van der Waals surface area (Å²) in [5.74, 6) is 3.03. The summed E-state index contributed by atoms with van der Waals surface area (Å²) in [7, 11) is 0. The molecule has 0 radical (unpaired) electrons. The van der Waals surface area contributed by atoms with Gasteiger partial charge in [0.05, 0.1) is 19.2 Å². The molecule has 1 amide bonds. The van der Waals surface area contributed by atoms with Crippen molar-refractivity contribution in [1.29, 1.82) is 0 Å². The quantitative estimate of drug-likeness (QED) is 0.781. The fourth-order valence-electron chi connectivity index (χ4n) is 3.86. The van der Waals surface area contributed by atoms with Crippen molar-refractivity contribution < 1.29 is 18.7 Å². The Labute approximate surface area is 153 Å². The number of carbonyl (C=O) groups is 1. The van der Waals surface area contributed by atoms with Crippen molar-refractivity contribution in [3.05, 3.63) is 47.9 Å². The van der Waals surface area contributed by atoms with Crippen LogP contribution < -0.4 is 9.47 Å². The van der Waals surface area contributed by atoms with E-state index in [1.54, 1.807) is 6.26 Å². The summed E-state index contributed by atoms with van der Waals surface area (Å²) in [6.07, 6.45) is 8.32. The molecule has 0 N–H and O–H groups in total. The standard InChI is InChI=1S/C21H25NO4/c23-21(12-17-8-9-19-20(11-17)26-15-25-19)22(14-18-7-4-10-24-18)13-16-5-2-1-3-6-16/h4,7-11,16H,1-3,5-6,12-15H2. The lowest BCUT2D eigenvalue weighted by atomic mass is 9.89. The Morgan fingerprint density at radius 2 is 1.92 bits per heavy atom. The molecule has 2 aliphatic rings. The number of rotatable bonds is 6. The Morgan fingerprint density at radius 1 is 1.08 bits per heavy atom. The molecular weight excluding hydrogens is 330 g/mol. The van der Waals surface area contributed by atoms with Crippen LogP contribution in [0.4, 0.5) is 0 Å². The lowest BCUT2D eigenvalue weighted by Gasteiger charge is -2.29. The molecule has 26 heavy (non-hydrogen) atoms. The summed E-state index contributed by atoms with van der Waals surface area (Å²) in [5.41, 5.74) is 0.951. The molecule has 1 aromatic carbocycles. The van der Waals surface area contributed by atoms with Gasteiger partial charge in [-0.25, -0.2) is 0 Å². The lowest BCUT2D eigenvalue weighted by Crippen LogP contribution is -2.36. The molecule has 1 fully saturated rings. The Balaban J connectivity index is 1.45. The Hall–Kier alpha value is -2.43. The summed E-state index contributed by atoms with van der Waals surface area (Å²) in [6, 6.07) is 9.53. The summed E-state index contributed by atoms with van der Waals surface area (Å²) in [6.45, 7) is 1.59. The maximum atomic E-state index is 13.0. The Bertz CT molecular complexity index is 734. The van der Waals surface area contributed by atoms with E-state index in [2.05, 4.69) is 0 Å². The third kappa shape index (κ3) is 4.03. The second-order valence-electron chi connectivity index (χ2n) is 7.22. The first-order valence-electron chi connectivity index (χ1n) is 9.46. The highest BCUT2D eigenvalue weighted by Gasteiger charge is 2.23. The molecule has 4 rings (SSSR count). The number of nitrogens with zero attached hydrogens (tertiary/aromatic N) is 1. The molecule has 0 atom stereocenters. The summed E-state index contributed by atoms with van der Waals surface area (Å²) in [4.78, 5) is 15.0. The van der Waals surface area contributed by atoms with Crippen molar-refractivity contribution in [2.75, 3.05) is 13.3 Å². The third-order valence-electron chi connectivity index (χ3n) is 5.28. The van der Waals surface area contributed by atoms with Crippen molar-refractivity contribution in [3.8, 4) is 11.5 Å². The van der Waals surface area contributed by atoms with Gasteiger partial charge in [0.2, 0.25) is 12.7 Å². The van der Waals surface area contributed by atoms with Crippen LogP contribution in [-0.4, -0.2) is 24.1 Å². The van der Waals surface area contributed by atoms with Crippen LogP contribution in [-0.2, 0) is 17.8 Å². The van der Waals surface area contributed by atoms with E-state index < -0.39 is 0 Å². The van der Waals surface area contributed by atoms with Gasteiger partial charge in [0.15, 0.2) is 11.5 Å². The van der Waals surface area contributed by atoms with Gasteiger partial charge in [-0.1, -0.05) is 25.3 Å². The lowest BCUT2D eigenvalue weighted by molar-refractivity contribution is -0.132. The van der Waals surface area contributed by atoms with Crippen LogP contribution in [0.1, 0.15) is 43.4 Å². The average molecular weight is 355 g/mol. The number of fused-ring (bicyclic) bond motifs is 1. The number of furan rings is 1. The topological polar surface area (TPSA) is 51.9 Å². The zero-order valence-corrected chi connectivity index (χ0v) is 15.0. The van der Waals surface area contributed by atoms with E-state index in [4.69, 9.17) is 13.9 Å². The number of hydrogen-bond acceptors (Lipinski definition) is 4. The van der Waals surface area contributed by atoms with Crippen molar-refractivity contribution >= 4 is 5.91 Å². The minimum absolute atomic E-state index is 0.130. The van der Waals surface area contributed by atoms with E-state index in [9.17, 15) is 4.79 Å². The highest BCUT2D eigenvalue weighted by Crippen LogP contribution is 2.33. The van der Waals surface area contributed by atoms with E-state index in [1.807, 2.05) is 35.2 Å². The summed E-state index contributed by atoms with van der Waals surface area (Å²) in [5, 5.41) is 0. The van der Waals surface area contributed by atoms with Gasteiger partial charge in [-0.3, -0.25) is 4.79 Å². The zero-order valence-electron chi connectivity index (χ0n) is 15.0. The molecule has 0 bridgehead atoms. The zero-order chi connectivity index (χ0) is 17.8. The van der Waals surface area contributed by atoms with Gasteiger partial charge in [-0.05, 0) is 48.6 Å². The van der Waals surface area contributed by atoms with Gasteiger partial charge in [0, 0.05) is 6.54 Å². The van der Waals surface area contributed by atoms with Gasteiger partial charge in [-0.15, -0.1) is 0 Å². The van der Waals surface area contributed by atoms with Crippen molar-refractivity contribution in [2.45, 2.75) is 45.1 Å². The van der Waals surface area contributed by atoms with Gasteiger partial charge in [0.25, 0.3) is 0 Å². The normalized spacial score (nSPS) is 16.6. The first kappa shape index (κ1) is 17.0. The SMILES string of the molecule is O=C(Cc1ccc2c(c1)OCO2)N(Cc1ccco1)CC1CCCCC1. The van der Waals surface area contributed by atoms with Gasteiger partial charge < -0.3 is 18.8 Å². The minimum atomic E-state index is 0.130. The largest absolute Gasteiger partial charge is 0.467 e. The highest BCUT2D eigenvalue weighted by molar-refractivity contribution is 5.79. The van der Waals surface area contributed by atoms with Crippen molar-refractivity contribution in [3.63, 3.8) is 0 Å². The number of carbonyl (C=O) groups excluding carboxylic acids is 1. The Kier molecular flexibility index (Phi) is 5.14. The fraction of sp³-hybridized carbons (Fsp3) is 0.476. The average Bonchev–Trinajstić information content (AvgIpc) is 3.33. The van der Waals surface area contributed by atoms with Gasteiger partial charge in [-0.2, -0.15) is 0 Å². The van der Waals surface area contributed by atoms with E-state index in [-0.39, 0.29) is 12.7 Å². The van der Waals surface area contributed by atoms with Crippen molar-refractivity contribution in [1.82, 2.24) is 4.90 Å². The first-order chi connectivity index (χ1) is 12.8. The van der Waals surface area contributed by atoms with E-state index in [0.29, 0.717) is 18.9 Å². The molecule has 0 unspecified atom stereocenters. The molecule has 1 saturated carbocycles. The molecule has 0 saturated heterocycles. The van der Waals surface area contributed by atoms with Crippen molar-refractivity contribution in [2.24, 2.45) is 5.92 Å². The molecule has 1 aliphatic carbocycles. The molecular formula is C21H25NO4. The molecule has 1 aliphatic heterocycles. The van der Waals surface area contributed by atoms with E-state index >= 15 is 0 Å². The van der Waals surface area contributed by atoms with E-state index in [0.717, 1.165) is 29.4 Å². The molecule has 5 heteroatoms. The summed E-state index contributed by atoms with van der Waals surface area (Å²) < 4.78 is 16.3. The molecule has 2 heterocycles. The maximum Gasteiger partial charge on any atom is 0.231 e. The summed E-state index contributed by atoms with van der Waals surface area (Å²) >= 11 is 0. The number of hydrogen-bond donors (Lipinski definition) is 0. The minimum Gasteiger partial charge on any atom is -0.467 e. The number of ether oxygens (including phenoxy) is 2. The smallest absolute Gasteiger partial charge is 0.231 e. The fourth-order valence-corrected chi connectivity index (χ4v) is 3.86. The van der Waals surface area contributed by atoms with Crippen LogP contribution in [0, 0.1) is 5.92 Å². The van der Waals surface area contributed by atoms with Gasteiger partial charge >= 0.3 is 0 Å². The Morgan fingerprint density at radius 3 is 2.73 bits per heavy atom. The molecule has 2 aromatic rings.